The van der Waals surface area contributed by atoms with E-state index in [0.717, 1.165) is 0 Å². The number of esters is 1. The number of carbonyl (C=O) groups is 2. The Kier molecular flexibility index (Phi) is 6.37. The van der Waals surface area contributed by atoms with E-state index in [4.69, 9.17) is 25.9 Å². The summed E-state index contributed by atoms with van der Waals surface area (Å²) in [4.78, 5) is 24.7. The zero-order valence-corrected chi connectivity index (χ0v) is 12.6. The third-order valence-corrected chi connectivity index (χ3v) is 2.85. The first-order chi connectivity index (χ1) is 11.5. The molecule has 0 spiro atoms. The summed E-state index contributed by atoms with van der Waals surface area (Å²) in [6.07, 6.45) is 0. The second-order valence-corrected chi connectivity index (χ2v) is 4.18. The summed E-state index contributed by atoms with van der Waals surface area (Å²) in [5, 5.41) is 34.1. The van der Waals surface area contributed by atoms with Crippen LogP contribution in [0.1, 0.15) is 27.6 Å². The van der Waals surface area contributed by atoms with Crippen molar-refractivity contribution in [2.75, 3.05) is 6.61 Å². The van der Waals surface area contributed by atoms with E-state index in [0.29, 0.717) is 0 Å². The fourth-order valence-corrected chi connectivity index (χ4v) is 1.84. The molecule has 0 aliphatic heterocycles. The van der Waals surface area contributed by atoms with Crippen LogP contribution in [0.3, 0.4) is 0 Å². The number of allylic oxidation sites excluding steroid dienone is 3. The molecule has 0 saturated carbocycles. The van der Waals surface area contributed by atoms with Gasteiger partial charge in [0.15, 0.2) is 5.78 Å². The largest absolute Gasteiger partial charge is 0.462 e. The molecule has 0 aliphatic rings. The van der Waals surface area contributed by atoms with E-state index in [1.165, 1.54) is 36.4 Å². The molecular weight excluding hydrogens is 308 g/mol. The lowest BCUT2D eigenvalue weighted by molar-refractivity contribution is 0.0523. The molecule has 0 bridgehead atoms. The average Bonchev–Trinajstić information content (AvgIpc) is 2.61. The van der Waals surface area contributed by atoms with Crippen LogP contribution in [-0.4, -0.2) is 24.2 Å². The Morgan fingerprint density at radius 2 is 1.67 bits per heavy atom. The third kappa shape index (κ3) is 3.61. The first-order valence-electron chi connectivity index (χ1n) is 6.61. The van der Waals surface area contributed by atoms with Crippen LogP contribution in [0, 0.1) is 39.4 Å². The molecular formula is C17H10N4O3. The van der Waals surface area contributed by atoms with E-state index in [2.05, 4.69) is 0 Å². The van der Waals surface area contributed by atoms with E-state index >= 15 is 0 Å². The van der Waals surface area contributed by atoms with Crippen molar-refractivity contribution in [2.24, 2.45) is 0 Å². The van der Waals surface area contributed by atoms with Crippen LogP contribution in [0.25, 0.3) is 0 Å². The van der Waals surface area contributed by atoms with Crippen molar-refractivity contribution >= 4 is 17.6 Å². The van der Waals surface area contributed by atoms with E-state index in [-0.39, 0.29) is 17.7 Å². The van der Waals surface area contributed by atoms with Crippen LogP contribution in [0.5, 0.6) is 0 Å². The number of hydrogen-bond acceptors (Lipinski definition) is 7. The summed E-state index contributed by atoms with van der Waals surface area (Å²) >= 11 is 0. The van der Waals surface area contributed by atoms with Gasteiger partial charge in [-0.15, -0.1) is 0 Å². The smallest absolute Gasteiger partial charge is 0.338 e. The van der Waals surface area contributed by atoms with Crippen LogP contribution in [0.4, 0.5) is 0 Å². The van der Waals surface area contributed by atoms with Gasteiger partial charge in [0, 0.05) is 5.56 Å². The number of carbonyl (C=O) groups excluding carboxylic acids is 2. The number of benzene rings is 1. The Morgan fingerprint density at radius 3 is 2.12 bits per heavy atom. The molecule has 1 aromatic carbocycles. The average molecular weight is 318 g/mol. The van der Waals surface area contributed by atoms with Gasteiger partial charge in [-0.1, -0.05) is 18.2 Å². The minimum atomic E-state index is -0.909. The standard InChI is InChI=1S/C17H10N4O3/c1-2-24-17(23)14-6-4-3-5-13(14)16(22)15(11(7-18)8-19)12(9-20)10-21/h3-6,18H,2H2,1H3. The number of hydrogen-bond donors (Lipinski definition) is 1. The van der Waals surface area contributed by atoms with Crippen LogP contribution in [-0.2, 0) is 4.74 Å². The molecule has 0 aromatic heterocycles. The Balaban J connectivity index is 3.66. The Bertz CT molecular complexity index is 885. The minimum absolute atomic E-state index is 0.0700. The quantitative estimate of drug-likeness (QED) is 0.220. The number of rotatable bonds is 5. The number of nitrogens with one attached hydrogen (secondary N) is 1. The van der Waals surface area contributed by atoms with E-state index in [1.54, 1.807) is 18.9 Å². The SMILES string of the molecule is CCOC(=O)c1ccccc1C(=O)C(C(=C=N)C#N)=C(C#N)C#N. The van der Waals surface area contributed by atoms with Crippen molar-refractivity contribution < 1.29 is 14.3 Å². The van der Waals surface area contributed by atoms with Crippen molar-refractivity contribution in [3.05, 3.63) is 52.1 Å². The summed E-state index contributed by atoms with van der Waals surface area (Å²) in [6, 6.07) is 10.2. The Morgan fingerprint density at radius 1 is 1.08 bits per heavy atom. The molecule has 0 fully saturated rings. The molecule has 24 heavy (non-hydrogen) atoms. The van der Waals surface area contributed by atoms with Gasteiger partial charge in [-0.2, -0.15) is 15.8 Å². The molecule has 0 saturated heterocycles. The first kappa shape index (κ1) is 18.1. The summed E-state index contributed by atoms with van der Waals surface area (Å²) in [5.41, 5.74) is -2.00. The summed E-state index contributed by atoms with van der Waals surface area (Å²) in [5.74, 6) is 0.0688. The van der Waals surface area contributed by atoms with Gasteiger partial charge in [0.25, 0.3) is 0 Å². The number of nitriles is 3. The molecule has 1 rings (SSSR count). The molecule has 7 nitrogen and oxygen atoms in total. The number of Topliss-reactive ketones (excluding diaryl/α,β-unsaturated/α-hetero) is 1. The molecule has 0 heterocycles. The fourth-order valence-electron chi connectivity index (χ4n) is 1.84. The molecule has 116 valence electrons. The Labute approximate surface area is 137 Å². The van der Waals surface area contributed by atoms with Crippen LogP contribution in [0.15, 0.2) is 41.0 Å². The highest BCUT2D eigenvalue weighted by Gasteiger charge is 2.26. The second-order valence-electron chi connectivity index (χ2n) is 4.18. The lowest BCUT2D eigenvalue weighted by atomic mass is 9.91. The van der Waals surface area contributed by atoms with Gasteiger partial charge < -0.3 is 4.74 Å². The van der Waals surface area contributed by atoms with Crippen LogP contribution in [0.2, 0.25) is 0 Å². The highest BCUT2D eigenvalue weighted by atomic mass is 16.5. The minimum Gasteiger partial charge on any atom is -0.462 e. The molecule has 1 N–H and O–H groups in total. The number of nitrogens with zero attached hydrogens (tertiary/aromatic N) is 3. The van der Waals surface area contributed by atoms with E-state index < -0.39 is 28.5 Å². The molecule has 0 radical (unpaired) electrons. The predicted octanol–water partition coefficient (Wildman–Crippen LogP) is 2.09. The molecule has 1 aromatic rings. The van der Waals surface area contributed by atoms with Gasteiger partial charge in [-0.05, 0) is 18.9 Å². The zero-order valence-electron chi connectivity index (χ0n) is 12.6. The molecule has 0 amide bonds. The monoisotopic (exact) mass is 318 g/mol. The van der Waals surface area contributed by atoms with Crippen LogP contribution >= 0.6 is 0 Å². The summed E-state index contributed by atoms with van der Waals surface area (Å²) < 4.78 is 4.86. The van der Waals surface area contributed by atoms with Crippen molar-refractivity contribution in [3.63, 3.8) is 0 Å². The third-order valence-electron chi connectivity index (χ3n) is 2.85. The van der Waals surface area contributed by atoms with Gasteiger partial charge in [0.05, 0.1) is 17.7 Å². The maximum absolute atomic E-state index is 12.7. The van der Waals surface area contributed by atoms with E-state index in [1.807, 2.05) is 0 Å². The summed E-state index contributed by atoms with van der Waals surface area (Å²) in [7, 11) is 0. The molecule has 7 heteroatoms. The second kappa shape index (κ2) is 8.46. The topological polar surface area (TPSA) is 139 Å². The van der Waals surface area contributed by atoms with Gasteiger partial charge in [-0.25, -0.2) is 4.79 Å². The van der Waals surface area contributed by atoms with Crippen LogP contribution < -0.4 is 0 Å². The molecule has 0 aliphatic carbocycles. The highest BCUT2D eigenvalue weighted by Crippen LogP contribution is 2.21. The number of ether oxygens (including phenoxy) is 1. The van der Waals surface area contributed by atoms with Crippen molar-refractivity contribution in [3.8, 4) is 18.2 Å². The lowest BCUT2D eigenvalue weighted by Gasteiger charge is -2.09. The van der Waals surface area contributed by atoms with Crippen molar-refractivity contribution in [1.82, 2.24) is 0 Å². The normalized spacial score (nSPS) is 8.58. The summed E-state index contributed by atoms with van der Waals surface area (Å²) in [6.45, 7) is 1.69. The Hall–Kier alpha value is -3.98. The van der Waals surface area contributed by atoms with Gasteiger partial charge in [0.1, 0.15) is 29.4 Å². The maximum Gasteiger partial charge on any atom is 0.338 e. The molecule has 0 atom stereocenters. The van der Waals surface area contributed by atoms with Gasteiger partial charge in [0.2, 0.25) is 0 Å². The fraction of sp³-hybridized carbons (Fsp3) is 0.118. The number of ketones is 1. The highest BCUT2D eigenvalue weighted by molar-refractivity contribution is 6.19. The van der Waals surface area contributed by atoms with Gasteiger partial charge >= 0.3 is 5.97 Å². The zero-order chi connectivity index (χ0) is 18.1. The predicted molar refractivity (Wildman–Crippen MR) is 81.8 cm³/mol. The molecule has 0 unspecified atom stereocenters. The first-order valence-corrected chi connectivity index (χ1v) is 6.61. The van der Waals surface area contributed by atoms with Gasteiger partial charge in [-0.3, -0.25) is 10.2 Å². The maximum atomic E-state index is 12.7. The van der Waals surface area contributed by atoms with Crippen molar-refractivity contribution in [1.29, 1.82) is 21.2 Å². The lowest BCUT2D eigenvalue weighted by Crippen LogP contribution is -2.15. The van der Waals surface area contributed by atoms with Crippen molar-refractivity contribution in [2.45, 2.75) is 6.92 Å². The van der Waals surface area contributed by atoms with E-state index in [9.17, 15) is 9.59 Å².